The second-order valence-electron chi connectivity index (χ2n) is 6.18. The van der Waals surface area contributed by atoms with Gasteiger partial charge in [0.05, 0.1) is 20.8 Å². The van der Waals surface area contributed by atoms with Gasteiger partial charge in [-0.05, 0) is 42.5 Å². The highest BCUT2D eigenvalue weighted by Gasteiger charge is 2.30. The summed E-state index contributed by atoms with van der Waals surface area (Å²) >= 11 is 0. The number of aliphatic hydroxyl groups is 1. The van der Waals surface area contributed by atoms with Crippen LogP contribution in [0.15, 0.2) is 29.7 Å². The fourth-order valence-electron chi connectivity index (χ4n) is 3.44. The number of nitrogens with zero attached hydrogens (tertiary/aromatic N) is 1. The van der Waals surface area contributed by atoms with Crippen LogP contribution in [0.3, 0.4) is 0 Å². The molecule has 0 fully saturated rings. The van der Waals surface area contributed by atoms with Crippen molar-refractivity contribution in [1.29, 1.82) is 0 Å². The summed E-state index contributed by atoms with van der Waals surface area (Å²) in [5.41, 5.74) is 2.67. The van der Waals surface area contributed by atoms with Crippen LogP contribution in [0.4, 0.5) is 4.79 Å². The largest absolute Gasteiger partial charge is 0.513 e. The molecule has 1 aromatic rings. The highest BCUT2D eigenvalue weighted by molar-refractivity contribution is 5.85. The van der Waals surface area contributed by atoms with Gasteiger partial charge in [0.1, 0.15) is 11.5 Å². The van der Waals surface area contributed by atoms with Gasteiger partial charge >= 0.3 is 6.16 Å². The molecule has 1 unspecified atom stereocenters. The van der Waals surface area contributed by atoms with Crippen LogP contribution in [-0.4, -0.2) is 49.5 Å². The molecule has 1 heterocycles. The maximum Gasteiger partial charge on any atom is 0.513 e. The van der Waals surface area contributed by atoms with Gasteiger partial charge in [-0.25, -0.2) is 4.79 Å². The van der Waals surface area contributed by atoms with Gasteiger partial charge in [-0.1, -0.05) is 6.07 Å². The zero-order chi connectivity index (χ0) is 17.1. The summed E-state index contributed by atoms with van der Waals surface area (Å²) in [6.45, 7) is 1.18. The molecule has 138 valence electrons. The van der Waals surface area contributed by atoms with Crippen molar-refractivity contribution in [3.05, 3.63) is 40.8 Å². The molecule has 1 aliphatic carbocycles. The first-order valence-electron chi connectivity index (χ1n) is 8.17. The third-order valence-corrected chi connectivity index (χ3v) is 4.81. The van der Waals surface area contributed by atoms with Crippen molar-refractivity contribution in [3.8, 4) is 5.75 Å². The van der Waals surface area contributed by atoms with E-state index in [0.717, 1.165) is 31.6 Å². The molecule has 0 radical (unpaired) electrons. The fraction of sp³-hybridized carbons (Fsp3) is 0.500. The van der Waals surface area contributed by atoms with Gasteiger partial charge in [-0.3, -0.25) is 4.90 Å². The van der Waals surface area contributed by atoms with E-state index in [9.17, 15) is 9.90 Å². The smallest absolute Gasteiger partial charge is 0.509 e. The second kappa shape index (κ2) is 8.45. The monoisotopic (exact) mass is 369 g/mol. The molecule has 3 rings (SSSR count). The Morgan fingerprint density at radius 2 is 2.04 bits per heavy atom. The minimum absolute atomic E-state index is 0. The van der Waals surface area contributed by atoms with Gasteiger partial charge in [0, 0.05) is 19.0 Å². The number of carbonyl (C=O) groups is 1. The molecule has 0 saturated heterocycles. The van der Waals surface area contributed by atoms with E-state index < -0.39 is 6.16 Å². The highest BCUT2D eigenvalue weighted by Crippen LogP contribution is 2.30. The topological polar surface area (TPSA) is 68.2 Å². The van der Waals surface area contributed by atoms with Crippen LogP contribution in [0.25, 0.3) is 0 Å². The maximum atomic E-state index is 11.3. The van der Waals surface area contributed by atoms with Crippen LogP contribution in [0, 0.1) is 0 Å². The van der Waals surface area contributed by atoms with Crippen LogP contribution in [0.1, 0.15) is 24.0 Å². The summed E-state index contributed by atoms with van der Waals surface area (Å²) in [6, 6.07) is 6.60. The van der Waals surface area contributed by atoms with E-state index in [-0.39, 0.29) is 18.2 Å². The quantitative estimate of drug-likeness (QED) is 0.825. The summed E-state index contributed by atoms with van der Waals surface area (Å²) in [5.74, 6) is 1.30. The SMILES string of the molecule is COC(=O)OC1=C(O)CCN(C2CCc3ccc(OC)cc3C2)C1.Cl. The van der Waals surface area contributed by atoms with Crippen LogP contribution in [-0.2, 0) is 22.3 Å². The molecule has 0 aromatic heterocycles. The molecule has 1 atom stereocenters. The van der Waals surface area contributed by atoms with Crippen LogP contribution in [0.5, 0.6) is 5.75 Å². The number of aliphatic hydroxyl groups excluding tert-OH is 1. The predicted octanol–water partition coefficient (Wildman–Crippen LogP) is 3.23. The lowest BCUT2D eigenvalue weighted by Gasteiger charge is -2.37. The number of carbonyl (C=O) groups excluding carboxylic acids is 1. The summed E-state index contributed by atoms with van der Waals surface area (Å²) < 4.78 is 14.9. The predicted molar refractivity (Wildman–Crippen MR) is 95.4 cm³/mol. The highest BCUT2D eigenvalue weighted by atomic mass is 35.5. The number of fused-ring (bicyclic) bond motifs is 1. The zero-order valence-electron chi connectivity index (χ0n) is 14.5. The third kappa shape index (κ3) is 4.38. The summed E-state index contributed by atoms with van der Waals surface area (Å²) in [7, 11) is 2.93. The Balaban J connectivity index is 0.00000225. The summed E-state index contributed by atoms with van der Waals surface area (Å²) in [4.78, 5) is 13.6. The number of ether oxygens (including phenoxy) is 3. The van der Waals surface area contributed by atoms with Crippen LogP contribution >= 0.6 is 12.4 Å². The molecule has 0 amide bonds. The normalized spacial score (nSPS) is 20.3. The number of hydrogen-bond acceptors (Lipinski definition) is 6. The van der Waals surface area contributed by atoms with Crippen LogP contribution in [0.2, 0.25) is 0 Å². The molecule has 1 aromatic carbocycles. The number of benzene rings is 1. The standard InChI is InChI=1S/C18H23NO5.ClH/c1-22-15-6-4-12-3-5-14(9-13(12)10-15)19-8-7-16(20)17(11-19)24-18(21)23-2;/h4,6,10,14,20H,3,5,7-9,11H2,1-2H3;1H. The van der Waals surface area contributed by atoms with Crippen molar-refractivity contribution in [2.45, 2.75) is 31.7 Å². The zero-order valence-corrected chi connectivity index (χ0v) is 15.3. The van der Waals surface area contributed by atoms with E-state index in [1.807, 2.05) is 6.07 Å². The first kappa shape index (κ1) is 19.4. The van der Waals surface area contributed by atoms with Gasteiger partial charge in [-0.2, -0.15) is 0 Å². The Morgan fingerprint density at radius 3 is 2.76 bits per heavy atom. The molecule has 2 aliphatic rings. The number of halogens is 1. The van der Waals surface area contributed by atoms with Crippen LogP contribution < -0.4 is 4.74 Å². The van der Waals surface area contributed by atoms with Gasteiger partial charge in [0.15, 0.2) is 5.76 Å². The number of rotatable bonds is 3. The molecule has 1 aliphatic heterocycles. The molecular formula is C18H24ClNO5. The lowest BCUT2D eigenvalue weighted by Crippen LogP contribution is -2.43. The lowest BCUT2D eigenvalue weighted by molar-refractivity contribution is 0.0705. The van der Waals surface area contributed by atoms with E-state index in [0.29, 0.717) is 24.8 Å². The number of methoxy groups -OCH3 is 2. The minimum atomic E-state index is -0.794. The average Bonchev–Trinajstić information content (AvgIpc) is 2.62. The van der Waals surface area contributed by atoms with Crippen molar-refractivity contribution < 1.29 is 24.1 Å². The van der Waals surface area contributed by atoms with Gasteiger partial charge in [0.2, 0.25) is 0 Å². The molecule has 0 bridgehead atoms. The molecule has 6 nitrogen and oxygen atoms in total. The first-order chi connectivity index (χ1) is 11.6. The molecule has 1 N–H and O–H groups in total. The molecule has 25 heavy (non-hydrogen) atoms. The van der Waals surface area contributed by atoms with E-state index >= 15 is 0 Å². The van der Waals surface area contributed by atoms with E-state index in [4.69, 9.17) is 9.47 Å². The van der Waals surface area contributed by atoms with Gasteiger partial charge in [0.25, 0.3) is 0 Å². The van der Waals surface area contributed by atoms with E-state index in [1.54, 1.807) is 7.11 Å². The minimum Gasteiger partial charge on any atom is -0.509 e. The first-order valence-corrected chi connectivity index (χ1v) is 8.17. The molecule has 0 spiro atoms. The Morgan fingerprint density at radius 1 is 1.24 bits per heavy atom. The van der Waals surface area contributed by atoms with Crippen molar-refractivity contribution in [2.24, 2.45) is 0 Å². The van der Waals surface area contributed by atoms with E-state index in [2.05, 4.69) is 21.8 Å². The number of hydrogen-bond donors (Lipinski definition) is 1. The van der Waals surface area contributed by atoms with Gasteiger partial charge in [-0.15, -0.1) is 12.4 Å². The van der Waals surface area contributed by atoms with Crippen molar-refractivity contribution >= 4 is 18.6 Å². The number of aryl methyl sites for hydroxylation is 1. The lowest BCUT2D eigenvalue weighted by atomic mass is 9.87. The molecular weight excluding hydrogens is 346 g/mol. The maximum absolute atomic E-state index is 11.3. The second-order valence-corrected chi connectivity index (χ2v) is 6.18. The summed E-state index contributed by atoms with van der Waals surface area (Å²) in [6.07, 6.45) is 2.68. The van der Waals surface area contributed by atoms with Crippen molar-refractivity contribution in [1.82, 2.24) is 4.90 Å². The average molecular weight is 370 g/mol. The van der Waals surface area contributed by atoms with Crippen molar-refractivity contribution in [2.75, 3.05) is 27.3 Å². The van der Waals surface area contributed by atoms with Crippen molar-refractivity contribution in [3.63, 3.8) is 0 Å². The summed E-state index contributed by atoms with van der Waals surface area (Å²) in [5, 5.41) is 9.96. The fourth-order valence-corrected chi connectivity index (χ4v) is 3.44. The Hall–Kier alpha value is -1.92. The third-order valence-electron chi connectivity index (χ3n) is 4.81. The Labute approximate surface area is 153 Å². The Kier molecular flexibility index (Phi) is 6.56. The van der Waals surface area contributed by atoms with E-state index in [1.165, 1.54) is 18.2 Å². The Bertz CT molecular complexity index is 661. The molecule has 7 heteroatoms. The molecule has 0 saturated carbocycles. The van der Waals surface area contributed by atoms with Gasteiger partial charge < -0.3 is 19.3 Å².